The molecule has 2 heterocycles. The molecule has 0 aliphatic carbocycles. The fourth-order valence-corrected chi connectivity index (χ4v) is 5.22. The zero-order valence-corrected chi connectivity index (χ0v) is 19.1. The predicted molar refractivity (Wildman–Crippen MR) is 116 cm³/mol. The van der Waals surface area contributed by atoms with E-state index in [0.29, 0.717) is 55.1 Å². The summed E-state index contributed by atoms with van der Waals surface area (Å²) in [4.78, 5) is 11.2. The van der Waals surface area contributed by atoms with Crippen molar-refractivity contribution in [2.45, 2.75) is 39.0 Å². The molecule has 30 heavy (non-hydrogen) atoms. The Labute approximate surface area is 178 Å². The van der Waals surface area contributed by atoms with Gasteiger partial charge in [0.05, 0.1) is 18.6 Å². The lowest BCUT2D eigenvalue weighted by atomic mass is 10.1. The maximum Gasteiger partial charge on any atom is 0.243 e. The predicted octanol–water partition coefficient (Wildman–Crippen LogP) is 2.71. The van der Waals surface area contributed by atoms with Gasteiger partial charge in [-0.1, -0.05) is 13.0 Å². The molecule has 9 heteroatoms. The summed E-state index contributed by atoms with van der Waals surface area (Å²) in [5, 5.41) is 0. The standard InChI is InChI=1S/C21H30N4O4S/c1-6-11-29-21-14-20(22-17(4)23-21)24-7-9-25(10-8-24)30(26,27)19-13-18(28-5)15(2)12-16(19)3/h12-14H,6-11H2,1-5H3. The van der Waals surface area contributed by atoms with Crippen LogP contribution in [0.15, 0.2) is 23.1 Å². The van der Waals surface area contributed by atoms with Gasteiger partial charge in [0.2, 0.25) is 15.9 Å². The third kappa shape index (κ3) is 4.67. The summed E-state index contributed by atoms with van der Waals surface area (Å²) in [6, 6.07) is 5.29. The van der Waals surface area contributed by atoms with Crippen LogP contribution >= 0.6 is 0 Å². The number of benzene rings is 1. The van der Waals surface area contributed by atoms with Crippen molar-refractivity contribution in [1.82, 2.24) is 14.3 Å². The van der Waals surface area contributed by atoms with Crippen LogP contribution in [0, 0.1) is 20.8 Å². The van der Waals surface area contributed by atoms with Gasteiger partial charge in [-0.3, -0.25) is 0 Å². The molecule has 1 aliphatic heterocycles. The Morgan fingerprint density at radius 1 is 1.00 bits per heavy atom. The molecule has 0 radical (unpaired) electrons. The molecule has 1 fully saturated rings. The average Bonchev–Trinajstić information content (AvgIpc) is 2.72. The Morgan fingerprint density at radius 3 is 2.33 bits per heavy atom. The van der Waals surface area contributed by atoms with Gasteiger partial charge in [-0.25, -0.2) is 13.4 Å². The minimum absolute atomic E-state index is 0.298. The van der Waals surface area contributed by atoms with Gasteiger partial charge in [0.1, 0.15) is 17.4 Å². The van der Waals surface area contributed by atoms with E-state index >= 15 is 0 Å². The van der Waals surface area contributed by atoms with Crippen molar-refractivity contribution in [2.75, 3.05) is 44.8 Å². The molecular weight excluding hydrogens is 404 g/mol. The molecule has 1 aromatic heterocycles. The van der Waals surface area contributed by atoms with Gasteiger partial charge in [0.25, 0.3) is 0 Å². The molecule has 1 aliphatic rings. The van der Waals surface area contributed by atoms with E-state index in [4.69, 9.17) is 9.47 Å². The van der Waals surface area contributed by atoms with Gasteiger partial charge in [-0.2, -0.15) is 9.29 Å². The van der Waals surface area contributed by atoms with Crippen molar-refractivity contribution in [3.8, 4) is 11.6 Å². The Kier molecular flexibility index (Phi) is 6.82. The van der Waals surface area contributed by atoms with E-state index in [2.05, 4.69) is 14.9 Å². The number of anilines is 1. The molecule has 0 unspecified atom stereocenters. The molecule has 0 bridgehead atoms. The van der Waals surface area contributed by atoms with Crippen molar-refractivity contribution in [1.29, 1.82) is 0 Å². The molecule has 3 rings (SSSR count). The summed E-state index contributed by atoms with van der Waals surface area (Å²) in [5.41, 5.74) is 1.64. The minimum Gasteiger partial charge on any atom is -0.496 e. The maximum absolute atomic E-state index is 13.3. The summed E-state index contributed by atoms with van der Waals surface area (Å²) >= 11 is 0. The van der Waals surface area contributed by atoms with Crippen LogP contribution < -0.4 is 14.4 Å². The van der Waals surface area contributed by atoms with Crippen LogP contribution in [0.3, 0.4) is 0 Å². The summed E-state index contributed by atoms with van der Waals surface area (Å²) < 4.78 is 39.0. The quantitative estimate of drug-likeness (QED) is 0.662. The first-order valence-corrected chi connectivity index (χ1v) is 11.6. The highest BCUT2D eigenvalue weighted by Crippen LogP contribution is 2.29. The van der Waals surface area contributed by atoms with Gasteiger partial charge in [-0.05, 0) is 38.3 Å². The second-order valence-electron chi connectivity index (χ2n) is 7.44. The Balaban J connectivity index is 1.76. The van der Waals surface area contributed by atoms with Gasteiger partial charge in [0.15, 0.2) is 0 Å². The molecule has 164 valence electrons. The van der Waals surface area contributed by atoms with Crippen LogP contribution in [-0.2, 0) is 10.0 Å². The summed E-state index contributed by atoms with van der Waals surface area (Å²) in [7, 11) is -2.06. The Hall–Kier alpha value is -2.39. The molecule has 0 amide bonds. The van der Waals surface area contributed by atoms with E-state index in [-0.39, 0.29) is 0 Å². The monoisotopic (exact) mass is 434 g/mol. The van der Waals surface area contributed by atoms with Crippen molar-refractivity contribution in [3.63, 3.8) is 0 Å². The lowest BCUT2D eigenvalue weighted by Crippen LogP contribution is -2.49. The van der Waals surface area contributed by atoms with E-state index in [9.17, 15) is 8.42 Å². The molecule has 0 atom stereocenters. The lowest BCUT2D eigenvalue weighted by molar-refractivity contribution is 0.303. The van der Waals surface area contributed by atoms with E-state index < -0.39 is 10.0 Å². The normalized spacial score (nSPS) is 15.3. The van der Waals surface area contributed by atoms with Gasteiger partial charge >= 0.3 is 0 Å². The summed E-state index contributed by atoms with van der Waals surface area (Å²) in [5.74, 6) is 2.53. The van der Waals surface area contributed by atoms with E-state index in [1.54, 1.807) is 13.2 Å². The topological polar surface area (TPSA) is 84.9 Å². The fraction of sp³-hybridized carbons (Fsp3) is 0.524. The van der Waals surface area contributed by atoms with Crippen molar-refractivity contribution in [2.24, 2.45) is 0 Å². The first-order valence-electron chi connectivity index (χ1n) is 10.1. The molecule has 2 aromatic rings. The third-order valence-corrected chi connectivity index (χ3v) is 7.17. The SMILES string of the molecule is CCCOc1cc(N2CCN(S(=O)(=O)c3cc(OC)c(C)cc3C)CC2)nc(C)n1. The van der Waals surface area contributed by atoms with Crippen LogP contribution in [0.5, 0.6) is 11.6 Å². The number of hydrogen-bond donors (Lipinski definition) is 0. The second kappa shape index (κ2) is 9.18. The number of sulfonamides is 1. The lowest BCUT2D eigenvalue weighted by Gasteiger charge is -2.35. The largest absolute Gasteiger partial charge is 0.496 e. The van der Waals surface area contributed by atoms with Crippen LogP contribution in [0.1, 0.15) is 30.3 Å². The van der Waals surface area contributed by atoms with Crippen LogP contribution in [0.2, 0.25) is 0 Å². The Bertz CT molecular complexity index is 1000. The number of methoxy groups -OCH3 is 1. The molecule has 0 spiro atoms. The fourth-order valence-electron chi connectivity index (χ4n) is 3.58. The molecular formula is C21H30N4O4S. The van der Waals surface area contributed by atoms with Gasteiger partial charge in [-0.15, -0.1) is 0 Å². The molecule has 1 aromatic carbocycles. The van der Waals surface area contributed by atoms with E-state index in [1.807, 2.05) is 39.8 Å². The van der Waals surface area contributed by atoms with E-state index in [0.717, 1.165) is 23.4 Å². The number of hydrogen-bond acceptors (Lipinski definition) is 7. The average molecular weight is 435 g/mol. The van der Waals surface area contributed by atoms with Gasteiger partial charge in [0, 0.05) is 38.3 Å². The zero-order valence-electron chi connectivity index (χ0n) is 18.3. The Morgan fingerprint density at radius 2 is 1.70 bits per heavy atom. The second-order valence-corrected chi connectivity index (χ2v) is 9.34. The van der Waals surface area contributed by atoms with Gasteiger partial charge < -0.3 is 14.4 Å². The summed E-state index contributed by atoms with van der Waals surface area (Å²) in [6.45, 7) is 10.0. The number of rotatable bonds is 7. The minimum atomic E-state index is -3.61. The smallest absolute Gasteiger partial charge is 0.243 e. The van der Waals surface area contributed by atoms with Crippen molar-refractivity contribution in [3.05, 3.63) is 35.2 Å². The van der Waals surface area contributed by atoms with Crippen LogP contribution in [0.4, 0.5) is 5.82 Å². The third-order valence-electron chi connectivity index (χ3n) is 5.13. The van der Waals surface area contributed by atoms with Crippen LogP contribution in [0.25, 0.3) is 0 Å². The highest BCUT2D eigenvalue weighted by atomic mass is 32.2. The molecule has 8 nitrogen and oxygen atoms in total. The zero-order chi connectivity index (χ0) is 21.9. The number of nitrogens with zero attached hydrogens (tertiary/aromatic N) is 4. The van der Waals surface area contributed by atoms with Crippen molar-refractivity contribution >= 4 is 15.8 Å². The molecule has 0 N–H and O–H groups in total. The first kappa shape index (κ1) is 22.3. The number of aromatic nitrogens is 2. The number of ether oxygens (including phenoxy) is 2. The van der Waals surface area contributed by atoms with E-state index in [1.165, 1.54) is 4.31 Å². The molecule has 0 saturated carbocycles. The summed E-state index contributed by atoms with van der Waals surface area (Å²) in [6.07, 6.45) is 0.901. The number of aryl methyl sites for hydroxylation is 3. The van der Waals surface area contributed by atoms with Crippen LogP contribution in [-0.4, -0.2) is 62.6 Å². The maximum atomic E-state index is 13.3. The number of piperazine rings is 1. The highest BCUT2D eigenvalue weighted by molar-refractivity contribution is 7.89. The molecule has 1 saturated heterocycles. The van der Waals surface area contributed by atoms with Crippen molar-refractivity contribution < 1.29 is 17.9 Å². The highest BCUT2D eigenvalue weighted by Gasteiger charge is 2.31. The first-order chi connectivity index (χ1) is 14.3.